The van der Waals surface area contributed by atoms with E-state index in [1.165, 1.54) is 16.6 Å². The van der Waals surface area contributed by atoms with Crippen molar-refractivity contribution in [2.45, 2.75) is 20.6 Å². The summed E-state index contributed by atoms with van der Waals surface area (Å²) in [7, 11) is 0. The van der Waals surface area contributed by atoms with Crippen LogP contribution < -0.4 is 0 Å². The van der Waals surface area contributed by atoms with E-state index >= 15 is 0 Å². The molecule has 0 unspecified atom stereocenters. The number of benzene rings is 1. The molecule has 2 rings (SSSR count). The third kappa shape index (κ3) is 1.53. The topological polar surface area (TPSA) is 14.2 Å². The van der Waals surface area contributed by atoms with Gasteiger partial charge in [-0.1, -0.05) is 18.2 Å². The molecule has 0 aliphatic carbocycles. The van der Waals surface area contributed by atoms with E-state index in [0.29, 0.717) is 6.73 Å². The summed E-state index contributed by atoms with van der Waals surface area (Å²) < 4.78 is 7.62. The van der Waals surface area contributed by atoms with Gasteiger partial charge in [0.1, 0.15) is 6.73 Å². The van der Waals surface area contributed by atoms with Crippen molar-refractivity contribution >= 4 is 10.9 Å². The molecule has 2 aromatic rings. The lowest BCUT2D eigenvalue weighted by Gasteiger charge is -2.07. The van der Waals surface area contributed by atoms with Gasteiger partial charge in [-0.15, -0.1) is 0 Å². The summed E-state index contributed by atoms with van der Waals surface area (Å²) in [6.45, 7) is 5.53. The first-order valence-corrected chi connectivity index (χ1v) is 4.95. The van der Waals surface area contributed by atoms with Gasteiger partial charge in [0.05, 0.1) is 5.52 Å². The molecular weight excluding hydrogens is 174 g/mol. The zero-order valence-corrected chi connectivity index (χ0v) is 8.66. The highest BCUT2D eigenvalue weighted by atomic mass is 16.5. The Labute approximate surface area is 84.1 Å². The minimum absolute atomic E-state index is 0.649. The molecule has 0 amide bonds. The van der Waals surface area contributed by atoms with Crippen molar-refractivity contribution in [3.63, 3.8) is 0 Å². The first-order valence-electron chi connectivity index (χ1n) is 4.95. The predicted molar refractivity (Wildman–Crippen MR) is 58.3 cm³/mol. The largest absolute Gasteiger partial charge is 0.361 e. The molecule has 0 bridgehead atoms. The van der Waals surface area contributed by atoms with Crippen LogP contribution in [0.25, 0.3) is 10.9 Å². The van der Waals surface area contributed by atoms with E-state index in [-0.39, 0.29) is 0 Å². The SMILES string of the molecule is CCOCn1c(C)cc2ccccc21. The molecule has 0 N–H and O–H groups in total. The number of nitrogens with zero attached hydrogens (tertiary/aromatic N) is 1. The van der Waals surface area contributed by atoms with Crippen LogP contribution in [0, 0.1) is 6.92 Å². The molecule has 1 aromatic carbocycles. The maximum absolute atomic E-state index is 5.43. The van der Waals surface area contributed by atoms with Gasteiger partial charge in [-0.3, -0.25) is 0 Å². The van der Waals surface area contributed by atoms with Gasteiger partial charge in [-0.25, -0.2) is 0 Å². The van der Waals surface area contributed by atoms with Crippen molar-refractivity contribution in [1.29, 1.82) is 0 Å². The van der Waals surface area contributed by atoms with E-state index in [0.717, 1.165) is 6.61 Å². The Hall–Kier alpha value is -1.28. The van der Waals surface area contributed by atoms with Crippen molar-refractivity contribution < 1.29 is 4.74 Å². The summed E-state index contributed by atoms with van der Waals surface area (Å²) in [5.41, 5.74) is 2.50. The molecule has 14 heavy (non-hydrogen) atoms. The van der Waals surface area contributed by atoms with Gasteiger partial charge < -0.3 is 9.30 Å². The average Bonchev–Trinajstić information content (AvgIpc) is 2.51. The zero-order chi connectivity index (χ0) is 9.97. The smallest absolute Gasteiger partial charge is 0.123 e. The van der Waals surface area contributed by atoms with Crippen LogP contribution >= 0.6 is 0 Å². The van der Waals surface area contributed by atoms with Crippen LogP contribution in [-0.2, 0) is 11.5 Å². The standard InChI is InChI=1S/C12H15NO/c1-3-14-9-13-10(2)8-11-6-4-5-7-12(11)13/h4-8H,3,9H2,1-2H3. The molecule has 0 aliphatic rings. The second-order valence-corrected chi connectivity index (χ2v) is 3.39. The van der Waals surface area contributed by atoms with Gasteiger partial charge in [0.15, 0.2) is 0 Å². The third-order valence-electron chi connectivity index (χ3n) is 2.44. The molecule has 0 saturated carbocycles. The van der Waals surface area contributed by atoms with Crippen LogP contribution in [0.2, 0.25) is 0 Å². The monoisotopic (exact) mass is 189 g/mol. The number of hydrogen-bond donors (Lipinski definition) is 0. The number of rotatable bonds is 3. The Morgan fingerprint density at radius 3 is 2.86 bits per heavy atom. The van der Waals surface area contributed by atoms with E-state index in [2.05, 4.69) is 41.8 Å². The Bertz CT molecular complexity index is 431. The van der Waals surface area contributed by atoms with Crippen LogP contribution in [0.1, 0.15) is 12.6 Å². The van der Waals surface area contributed by atoms with E-state index in [1.54, 1.807) is 0 Å². The Morgan fingerprint density at radius 2 is 2.07 bits per heavy atom. The molecule has 0 spiro atoms. The minimum Gasteiger partial charge on any atom is -0.361 e. The van der Waals surface area contributed by atoms with Crippen molar-refractivity contribution in [2.24, 2.45) is 0 Å². The third-order valence-corrected chi connectivity index (χ3v) is 2.44. The molecule has 1 heterocycles. The summed E-state index contributed by atoms with van der Waals surface area (Å²) in [4.78, 5) is 0. The Balaban J connectivity index is 2.45. The molecule has 1 aromatic heterocycles. The van der Waals surface area contributed by atoms with Gasteiger partial charge >= 0.3 is 0 Å². The molecule has 0 fully saturated rings. The van der Waals surface area contributed by atoms with Crippen LogP contribution in [0.5, 0.6) is 0 Å². The maximum Gasteiger partial charge on any atom is 0.123 e. The van der Waals surface area contributed by atoms with Crippen LogP contribution in [0.3, 0.4) is 0 Å². The van der Waals surface area contributed by atoms with Crippen molar-refractivity contribution in [1.82, 2.24) is 4.57 Å². The Morgan fingerprint density at radius 1 is 1.29 bits per heavy atom. The van der Waals surface area contributed by atoms with Crippen molar-refractivity contribution in [3.05, 3.63) is 36.0 Å². The van der Waals surface area contributed by atoms with Gasteiger partial charge in [-0.2, -0.15) is 0 Å². The summed E-state index contributed by atoms with van der Waals surface area (Å²) in [5.74, 6) is 0. The lowest BCUT2D eigenvalue weighted by Crippen LogP contribution is -2.03. The second kappa shape index (κ2) is 3.84. The highest BCUT2D eigenvalue weighted by Gasteiger charge is 2.03. The normalized spacial score (nSPS) is 11.0. The first kappa shape index (κ1) is 9.28. The van der Waals surface area contributed by atoms with E-state index in [1.807, 2.05) is 6.92 Å². The lowest BCUT2D eigenvalue weighted by atomic mass is 10.2. The van der Waals surface area contributed by atoms with Gasteiger partial charge in [0.2, 0.25) is 0 Å². The molecule has 2 heteroatoms. The second-order valence-electron chi connectivity index (χ2n) is 3.39. The zero-order valence-electron chi connectivity index (χ0n) is 8.66. The fraction of sp³-hybridized carbons (Fsp3) is 0.333. The number of para-hydroxylation sites is 1. The maximum atomic E-state index is 5.43. The number of hydrogen-bond acceptors (Lipinski definition) is 1. The predicted octanol–water partition coefficient (Wildman–Crippen LogP) is 2.94. The molecule has 2 nitrogen and oxygen atoms in total. The fourth-order valence-electron chi connectivity index (χ4n) is 1.70. The molecule has 0 atom stereocenters. The van der Waals surface area contributed by atoms with Gasteiger partial charge in [0.25, 0.3) is 0 Å². The van der Waals surface area contributed by atoms with Crippen molar-refractivity contribution in [2.75, 3.05) is 6.61 Å². The highest BCUT2D eigenvalue weighted by molar-refractivity contribution is 5.81. The van der Waals surface area contributed by atoms with E-state index in [9.17, 15) is 0 Å². The highest BCUT2D eigenvalue weighted by Crippen LogP contribution is 2.18. The fourth-order valence-corrected chi connectivity index (χ4v) is 1.70. The summed E-state index contributed by atoms with van der Waals surface area (Å²) >= 11 is 0. The quantitative estimate of drug-likeness (QED) is 0.724. The Kier molecular flexibility index (Phi) is 2.55. The number of aromatic nitrogens is 1. The molecular formula is C12H15NO. The summed E-state index contributed by atoms with van der Waals surface area (Å²) in [6.07, 6.45) is 0. The number of ether oxygens (including phenoxy) is 1. The first-order chi connectivity index (χ1) is 6.83. The van der Waals surface area contributed by atoms with Gasteiger partial charge in [-0.05, 0) is 31.4 Å². The molecule has 0 saturated heterocycles. The van der Waals surface area contributed by atoms with Crippen LogP contribution in [0.15, 0.2) is 30.3 Å². The summed E-state index contributed by atoms with van der Waals surface area (Å²) in [5, 5.41) is 1.28. The summed E-state index contributed by atoms with van der Waals surface area (Å²) in [6, 6.07) is 10.6. The molecule has 0 radical (unpaired) electrons. The number of aryl methyl sites for hydroxylation is 1. The molecule has 0 aliphatic heterocycles. The van der Waals surface area contributed by atoms with Crippen molar-refractivity contribution in [3.8, 4) is 0 Å². The van der Waals surface area contributed by atoms with Crippen LogP contribution in [-0.4, -0.2) is 11.2 Å². The average molecular weight is 189 g/mol. The van der Waals surface area contributed by atoms with E-state index < -0.39 is 0 Å². The molecule has 74 valence electrons. The van der Waals surface area contributed by atoms with Gasteiger partial charge in [0, 0.05) is 12.3 Å². The van der Waals surface area contributed by atoms with E-state index in [4.69, 9.17) is 4.74 Å². The van der Waals surface area contributed by atoms with Crippen LogP contribution in [0.4, 0.5) is 0 Å². The number of fused-ring (bicyclic) bond motifs is 1. The minimum atomic E-state index is 0.649. The lowest BCUT2D eigenvalue weighted by molar-refractivity contribution is 0.0896.